The summed E-state index contributed by atoms with van der Waals surface area (Å²) in [7, 11) is 0. The number of carbonyl (C=O) groups excluding carboxylic acids is 1. The van der Waals surface area contributed by atoms with Gasteiger partial charge in [-0.05, 0) is 45.4 Å². The SMILES string of the molecule is CCOc1ccc(C(C)Nc2nc(N3CCN(C(C)=O)CC3)nc3c(O)n(C(C)C)cc23)cc1. The lowest BCUT2D eigenvalue weighted by molar-refractivity contribution is -0.129. The van der Waals surface area contributed by atoms with Gasteiger partial charge >= 0.3 is 0 Å². The van der Waals surface area contributed by atoms with E-state index in [1.54, 1.807) is 6.92 Å². The summed E-state index contributed by atoms with van der Waals surface area (Å²) < 4.78 is 7.37. The molecule has 2 aromatic heterocycles. The molecule has 1 atom stereocenters. The average molecular weight is 467 g/mol. The quantitative estimate of drug-likeness (QED) is 0.544. The number of benzene rings is 1. The fourth-order valence-corrected chi connectivity index (χ4v) is 4.25. The van der Waals surface area contributed by atoms with Crippen LogP contribution in [0.5, 0.6) is 11.6 Å². The van der Waals surface area contributed by atoms with E-state index in [9.17, 15) is 9.90 Å². The van der Waals surface area contributed by atoms with Crippen LogP contribution >= 0.6 is 0 Å². The van der Waals surface area contributed by atoms with Crippen LogP contribution in [-0.2, 0) is 4.79 Å². The number of nitrogens with one attached hydrogen (secondary N) is 1. The molecular weight excluding hydrogens is 432 g/mol. The highest BCUT2D eigenvalue weighted by atomic mass is 16.5. The van der Waals surface area contributed by atoms with Crippen molar-refractivity contribution >= 4 is 28.6 Å². The first-order valence-electron chi connectivity index (χ1n) is 11.9. The Bertz CT molecular complexity index is 1150. The van der Waals surface area contributed by atoms with Gasteiger partial charge in [-0.25, -0.2) is 4.98 Å². The smallest absolute Gasteiger partial charge is 0.228 e. The van der Waals surface area contributed by atoms with Crippen LogP contribution in [0.25, 0.3) is 10.9 Å². The lowest BCUT2D eigenvalue weighted by Gasteiger charge is -2.34. The van der Waals surface area contributed by atoms with Crippen molar-refractivity contribution in [3.05, 3.63) is 36.0 Å². The number of aromatic hydroxyl groups is 1. The molecule has 3 aromatic rings. The molecule has 1 aliphatic rings. The molecule has 1 aliphatic heterocycles. The predicted molar refractivity (Wildman–Crippen MR) is 134 cm³/mol. The van der Waals surface area contributed by atoms with E-state index in [0.29, 0.717) is 50.1 Å². The highest BCUT2D eigenvalue weighted by Gasteiger charge is 2.24. The molecule has 1 amide bonds. The van der Waals surface area contributed by atoms with Gasteiger partial charge in [0.15, 0.2) is 0 Å². The number of aromatic nitrogens is 3. The third kappa shape index (κ3) is 4.73. The standard InChI is InChI=1S/C25H34N6O3/c1-6-34-20-9-7-19(8-10-20)17(4)26-23-21-15-31(16(2)3)24(33)22(21)27-25(28-23)30-13-11-29(12-14-30)18(5)32/h7-10,15-17,33H,6,11-14H2,1-5H3,(H,26,27,28). The Morgan fingerprint density at radius 2 is 1.79 bits per heavy atom. The summed E-state index contributed by atoms with van der Waals surface area (Å²) in [5.41, 5.74) is 1.62. The Labute approximate surface area is 200 Å². The Kier molecular flexibility index (Phi) is 6.81. The normalized spacial score (nSPS) is 15.1. The number of fused-ring (bicyclic) bond motifs is 1. The van der Waals surface area contributed by atoms with E-state index in [4.69, 9.17) is 14.7 Å². The van der Waals surface area contributed by atoms with Crippen LogP contribution in [0.2, 0.25) is 0 Å². The molecule has 1 aromatic carbocycles. The van der Waals surface area contributed by atoms with Crippen LogP contribution < -0.4 is 15.0 Å². The molecule has 0 radical (unpaired) electrons. The molecule has 9 heteroatoms. The molecule has 9 nitrogen and oxygen atoms in total. The summed E-state index contributed by atoms with van der Waals surface area (Å²) >= 11 is 0. The summed E-state index contributed by atoms with van der Waals surface area (Å²) in [4.78, 5) is 25.2. The molecule has 0 spiro atoms. The fraction of sp³-hybridized carbons (Fsp3) is 0.480. The van der Waals surface area contributed by atoms with Gasteiger partial charge in [-0.3, -0.25) is 4.79 Å². The third-order valence-electron chi connectivity index (χ3n) is 6.27. The van der Waals surface area contributed by atoms with Gasteiger partial charge in [0.25, 0.3) is 0 Å². The zero-order chi connectivity index (χ0) is 24.4. The van der Waals surface area contributed by atoms with E-state index < -0.39 is 0 Å². The maximum absolute atomic E-state index is 11.7. The number of amides is 1. The number of piperazine rings is 1. The number of anilines is 2. The minimum Gasteiger partial charge on any atom is -0.494 e. The highest BCUT2D eigenvalue weighted by Crippen LogP contribution is 2.35. The Morgan fingerprint density at radius 3 is 2.38 bits per heavy atom. The second-order valence-corrected chi connectivity index (χ2v) is 8.95. The Balaban J connectivity index is 1.67. The van der Waals surface area contributed by atoms with Crippen LogP contribution in [0, 0.1) is 0 Å². The van der Waals surface area contributed by atoms with E-state index in [-0.39, 0.29) is 23.9 Å². The molecule has 182 valence electrons. The van der Waals surface area contributed by atoms with Crippen molar-refractivity contribution in [1.82, 2.24) is 19.4 Å². The molecule has 1 unspecified atom stereocenters. The first kappa shape index (κ1) is 23.7. The molecule has 4 rings (SSSR count). The van der Waals surface area contributed by atoms with Crippen molar-refractivity contribution in [2.45, 2.75) is 46.7 Å². The molecule has 1 fully saturated rings. The van der Waals surface area contributed by atoms with Gasteiger partial charge in [-0.15, -0.1) is 0 Å². The van der Waals surface area contributed by atoms with Crippen LogP contribution in [0.4, 0.5) is 11.8 Å². The zero-order valence-electron chi connectivity index (χ0n) is 20.6. The molecule has 3 heterocycles. The van der Waals surface area contributed by atoms with Crippen LogP contribution in [-0.4, -0.2) is 63.2 Å². The maximum Gasteiger partial charge on any atom is 0.228 e. The number of hydrogen-bond donors (Lipinski definition) is 2. The topological polar surface area (TPSA) is 95.8 Å². The number of nitrogens with zero attached hydrogens (tertiary/aromatic N) is 5. The predicted octanol–water partition coefficient (Wildman–Crippen LogP) is 3.96. The van der Waals surface area contributed by atoms with Crippen molar-refractivity contribution in [3.63, 3.8) is 0 Å². The third-order valence-corrected chi connectivity index (χ3v) is 6.27. The molecule has 34 heavy (non-hydrogen) atoms. The lowest BCUT2D eigenvalue weighted by Crippen LogP contribution is -2.48. The molecule has 2 N–H and O–H groups in total. The fourth-order valence-electron chi connectivity index (χ4n) is 4.25. The second kappa shape index (κ2) is 9.79. The van der Waals surface area contributed by atoms with Gasteiger partial charge in [-0.1, -0.05) is 12.1 Å². The molecule has 0 aliphatic carbocycles. The number of rotatable bonds is 7. The molecule has 0 saturated carbocycles. The Hall–Kier alpha value is -3.49. The molecule has 0 bridgehead atoms. The summed E-state index contributed by atoms with van der Waals surface area (Å²) in [6, 6.07) is 8.06. The maximum atomic E-state index is 11.7. The lowest BCUT2D eigenvalue weighted by atomic mass is 10.1. The minimum atomic E-state index is -0.0271. The highest BCUT2D eigenvalue weighted by molar-refractivity contribution is 5.94. The number of hydrogen-bond acceptors (Lipinski definition) is 7. The van der Waals surface area contributed by atoms with Crippen LogP contribution in [0.1, 0.15) is 52.3 Å². The zero-order valence-corrected chi connectivity index (χ0v) is 20.6. The average Bonchev–Trinajstić information content (AvgIpc) is 3.17. The monoisotopic (exact) mass is 466 g/mol. The van der Waals surface area contributed by atoms with Gasteiger partial charge in [0, 0.05) is 51.4 Å². The molecular formula is C25H34N6O3. The van der Waals surface area contributed by atoms with Crippen molar-refractivity contribution in [2.24, 2.45) is 0 Å². The van der Waals surface area contributed by atoms with E-state index in [0.717, 1.165) is 16.7 Å². The van der Waals surface area contributed by atoms with Gasteiger partial charge in [0.2, 0.25) is 17.7 Å². The summed E-state index contributed by atoms with van der Waals surface area (Å²) in [5.74, 6) is 2.27. The van der Waals surface area contributed by atoms with Crippen molar-refractivity contribution in [1.29, 1.82) is 0 Å². The van der Waals surface area contributed by atoms with Crippen molar-refractivity contribution in [3.8, 4) is 11.6 Å². The molecule has 1 saturated heterocycles. The van der Waals surface area contributed by atoms with E-state index in [1.807, 2.05) is 60.7 Å². The van der Waals surface area contributed by atoms with Crippen LogP contribution in [0.3, 0.4) is 0 Å². The first-order valence-corrected chi connectivity index (χ1v) is 11.9. The first-order chi connectivity index (χ1) is 16.3. The number of carbonyl (C=O) groups is 1. The van der Waals surface area contributed by atoms with E-state index in [2.05, 4.69) is 17.1 Å². The summed E-state index contributed by atoms with van der Waals surface area (Å²) in [5, 5.41) is 15.2. The second-order valence-electron chi connectivity index (χ2n) is 8.95. The van der Waals surface area contributed by atoms with Gasteiger partial charge < -0.3 is 29.5 Å². The minimum absolute atomic E-state index is 0.0271. The Morgan fingerprint density at radius 1 is 1.12 bits per heavy atom. The number of ether oxygens (including phenoxy) is 1. The van der Waals surface area contributed by atoms with Gasteiger partial charge in [0.05, 0.1) is 12.0 Å². The van der Waals surface area contributed by atoms with Crippen molar-refractivity contribution in [2.75, 3.05) is 43.0 Å². The van der Waals surface area contributed by atoms with Crippen molar-refractivity contribution < 1.29 is 14.6 Å². The van der Waals surface area contributed by atoms with Crippen LogP contribution in [0.15, 0.2) is 30.5 Å². The summed E-state index contributed by atoms with van der Waals surface area (Å²) in [6.07, 6.45) is 1.90. The van der Waals surface area contributed by atoms with E-state index in [1.165, 1.54) is 0 Å². The van der Waals surface area contributed by atoms with Gasteiger partial charge in [0.1, 0.15) is 17.1 Å². The largest absolute Gasteiger partial charge is 0.494 e. The van der Waals surface area contributed by atoms with E-state index >= 15 is 0 Å². The summed E-state index contributed by atoms with van der Waals surface area (Å²) in [6.45, 7) is 12.8. The van der Waals surface area contributed by atoms with Gasteiger partial charge in [-0.2, -0.15) is 4.98 Å².